The van der Waals surface area contributed by atoms with E-state index in [-0.39, 0.29) is 18.1 Å². The topological polar surface area (TPSA) is 68.4 Å². The molecule has 0 saturated carbocycles. The van der Waals surface area contributed by atoms with Crippen molar-refractivity contribution in [3.63, 3.8) is 0 Å². The molecule has 3 aromatic rings. The molecule has 0 spiro atoms. The van der Waals surface area contributed by atoms with E-state index in [2.05, 4.69) is 36.8 Å². The van der Waals surface area contributed by atoms with Crippen LogP contribution in [0, 0.1) is 11.6 Å². The van der Waals surface area contributed by atoms with Gasteiger partial charge in [0, 0.05) is 38.1 Å². The van der Waals surface area contributed by atoms with Gasteiger partial charge in [-0.1, -0.05) is 37.9 Å². The molecule has 2 aromatic carbocycles. The van der Waals surface area contributed by atoms with Crippen LogP contribution in [0.4, 0.5) is 14.5 Å². The minimum atomic E-state index is -0.511. The molecule has 4 rings (SSSR count). The Bertz CT molecular complexity index is 996. The molecule has 1 fully saturated rings. The van der Waals surface area contributed by atoms with Gasteiger partial charge in [-0.05, 0) is 36.8 Å². The number of pyridine rings is 1. The normalized spacial score (nSPS) is 16.1. The van der Waals surface area contributed by atoms with Crippen molar-refractivity contribution in [2.24, 2.45) is 0 Å². The number of ether oxygens (including phenoxy) is 1. The zero-order valence-corrected chi connectivity index (χ0v) is 17.9. The van der Waals surface area contributed by atoms with Gasteiger partial charge >= 0.3 is 0 Å². The number of benzene rings is 2. The van der Waals surface area contributed by atoms with Gasteiger partial charge < -0.3 is 15.6 Å². The van der Waals surface area contributed by atoms with Crippen molar-refractivity contribution < 1.29 is 18.6 Å². The summed E-state index contributed by atoms with van der Waals surface area (Å²) in [7, 11) is 0. The number of nitrogens with two attached hydrogens (primary N) is 1. The highest BCUT2D eigenvalue weighted by atomic mass is 79.9. The molecule has 28 heavy (non-hydrogen) atoms. The van der Waals surface area contributed by atoms with E-state index >= 15 is 0 Å². The maximum absolute atomic E-state index is 13.8. The molecule has 1 aromatic heterocycles. The van der Waals surface area contributed by atoms with Gasteiger partial charge in [0.25, 0.3) is 0 Å². The Morgan fingerprint density at radius 3 is 2.50 bits per heavy atom. The molecule has 148 valence electrons. The SMILES string of the molecule is Fc1cc(Br)cc2ccc(C3CCOC3)nc12.Nc1c(F)cc(Br)cc1CO. The first kappa shape index (κ1) is 21.1. The van der Waals surface area contributed by atoms with Gasteiger partial charge in [-0.2, -0.15) is 0 Å². The number of anilines is 1. The molecule has 1 aliphatic heterocycles. The molecular weight excluding hydrogens is 498 g/mol. The second-order valence-corrected chi connectivity index (χ2v) is 8.21. The summed E-state index contributed by atoms with van der Waals surface area (Å²) in [6, 6.07) is 10.1. The highest BCUT2D eigenvalue weighted by Crippen LogP contribution is 2.28. The van der Waals surface area contributed by atoms with Crippen LogP contribution in [0.2, 0.25) is 0 Å². The first-order chi connectivity index (χ1) is 13.4. The van der Waals surface area contributed by atoms with E-state index in [9.17, 15) is 8.78 Å². The number of nitrogen functional groups attached to an aromatic ring is 1. The quantitative estimate of drug-likeness (QED) is 0.454. The lowest BCUT2D eigenvalue weighted by Crippen LogP contribution is -2.01. The zero-order valence-electron chi connectivity index (χ0n) is 14.8. The highest BCUT2D eigenvalue weighted by molar-refractivity contribution is 9.10. The summed E-state index contributed by atoms with van der Waals surface area (Å²) in [5, 5.41) is 9.52. The van der Waals surface area contributed by atoms with Crippen molar-refractivity contribution in [1.82, 2.24) is 4.98 Å². The lowest BCUT2D eigenvalue weighted by molar-refractivity contribution is 0.193. The third-order valence-corrected chi connectivity index (χ3v) is 5.35. The van der Waals surface area contributed by atoms with Crippen LogP contribution >= 0.6 is 31.9 Å². The summed E-state index contributed by atoms with van der Waals surface area (Å²) >= 11 is 6.36. The molecule has 0 amide bonds. The Morgan fingerprint density at radius 1 is 1.11 bits per heavy atom. The number of halogens is 4. The Hall–Kier alpha value is -1.61. The first-order valence-electron chi connectivity index (χ1n) is 8.56. The summed E-state index contributed by atoms with van der Waals surface area (Å²) in [6.07, 6.45) is 0.969. The van der Waals surface area contributed by atoms with E-state index in [0.29, 0.717) is 28.1 Å². The number of hydrogen-bond acceptors (Lipinski definition) is 4. The van der Waals surface area contributed by atoms with E-state index in [4.69, 9.17) is 15.6 Å². The van der Waals surface area contributed by atoms with Crippen LogP contribution in [-0.2, 0) is 11.3 Å². The number of hydrogen-bond donors (Lipinski definition) is 2. The number of aliphatic hydroxyl groups excluding tert-OH is 1. The smallest absolute Gasteiger partial charge is 0.150 e. The average molecular weight is 516 g/mol. The number of aromatic nitrogens is 1. The fourth-order valence-electron chi connectivity index (χ4n) is 2.94. The van der Waals surface area contributed by atoms with E-state index in [0.717, 1.165) is 28.6 Å². The van der Waals surface area contributed by atoms with Gasteiger partial charge in [0.15, 0.2) is 5.82 Å². The molecule has 1 saturated heterocycles. The molecule has 3 N–H and O–H groups in total. The molecule has 0 aliphatic carbocycles. The summed E-state index contributed by atoms with van der Waals surface area (Å²) in [5.74, 6) is -0.485. The standard InChI is InChI=1S/C13H11BrFNO.C7H7BrFNO/c14-10-5-8-1-2-12(9-3-4-17-7-9)16-13(8)11(15)6-10;8-5-1-4(3-11)7(10)6(9)2-5/h1-2,5-6,9H,3-4,7H2;1-2,11H,3,10H2. The van der Waals surface area contributed by atoms with Crippen molar-refractivity contribution in [2.45, 2.75) is 18.9 Å². The minimum absolute atomic E-state index is 0.00991. The molecule has 2 heterocycles. The van der Waals surface area contributed by atoms with Crippen molar-refractivity contribution >= 4 is 48.5 Å². The first-order valence-corrected chi connectivity index (χ1v) is 10.2. The fraction of sp³-hybridized carbons (Fsp3) is 0.250. The predicted molar refractivity (Wildman–Crippen MR) is 112 cm³/mol. The molecule has 0 radical (unpaired) electrons. The maximum Gasteiger partial charge on any atom is 0.150 e. The van der Waals surface area contributed by atoms with Crippen LogP contribution in [0.5, 0.6) is 0 Å². The molecule has 1 atom stereocenters. The average Bonchev–Trinajstić information content (AvgIpc) is 3.19. The summed E-state index contributed by atoms with van der Waals surface area (Å²) in [6.45, 7) is 1.21. The predicted octanol–water partition coefficient (Wildman–Crippen LogP) is 5.30. The third-order valence-electron chi connectivity index (χ3n) is 4.43. The van der Waals surface area contributed by atoms with Gasteiger partial charge in [-0.25, -0.2) is 13.8 Å². The number of nitrogens with zero attached hydrogens (tertiary/aromatic N) is 1. The fourth-order valence-corrected chi connectivity index (χ4v) is 3.86. The largest absolute Gasteiger partial charge is 0.396 e. The van der Waals surface area contributed by atoms with Crippen molar-refractivity contribution in [3.8, 4) is 0 Å². The monoisotopic (exact) mass is 514 g/mol. The van der Waals surface area contributed by atoms with E-state index in [1.807, 2.05) is 18.2 Å². The van der Waals surface area contributed by atoms with Crippen molar-refractivity contribution in [1.29, 1.82) is 0 Å². The van der Waals surface area contributed by atoms with Crippen LogP contribution in [0.3, 0.4) is 0 Å². The van der Waals surface area contributed by atoms with Crippen molar-refractivity contribution in [2.75, 3.05) is 18.9 Å². The number of fused-ring (bicyclic) bond motifs is 1. The van der Waals surface area contributed by atoms with Crippen LogP contribution in [0.25, 0.3) is 10.9 Å². The minimum Gasteiger partial charge on any atom is -0.396 e. The van der Waals surface area contributed by atoms with E-state index in [1.54, 1.807) is 6.07 Å². The van der Waals surface area contributed by atoms with E-state index < -0.39 is 5.82 Å². The van der Waals surface area contributed by atoms with Crippen LogP contribution in [-0.4, -0.2) is 23.3 Å². The molecular formula is C20H18Br2F2N2O2. The Morgan fingerprint density at radius 2 is 1.82 bits per heavy atom. The summed E-state index contributed by atoms with van der Waals surface area (Å²) < 4.78 is 33.2. The molecule has 1 aliphatic rings. The molecule has 4 nitrogen and oxygen atoms in total. The Labute approximate surface area is 178 Å². The summed E-state index contributed by atoms with van der Waals surface area (Å²) in [5.41, 5.74) is 7.09. The lowest BCUT2D eigenvalue weighted by atomic mass is 10.0. The van der Waals surface area contributed by atoms with Gasteiger partial charge in [0.2, 0.25) is 0 Å². The molecule has 0 bridgehead atoms. The van der Waals surface area contributed by atoms with Gasteiger partial charge in [0.05, 0.1) is 18.9 Å². The highest BCUT2D eigenvalue weighted by Gasteiger charge is 2.19. The Kier molecular flexibility index (Phi) is 6.98. The van der Waals surface area contributed by atoms with Crippen LogP contribution in [0.1, 0.15) is 23.6 Å². The summed E-state index contributed by atoms with van der Waals surface area (Å²) in [4.78, 5) is 4.42. The second-order valence-electron chi connectivity index (χ2n) is 6.37. The van der Waals surface area contributed by atoms with Gasteiger partial charge in [-0.15, -0.1) is 0 Å². The lowest BCUT2D eigenvalue weighted by Gasteiger charge is -2.08. The maximum atomic E-state index is 13.8. The van der Waals surface area contributed by atoms with Crippen LogP contribution in [0.15, 0.2) is 45.3 Å². The zero-order chi connectivity index (χ0) is 20.3. The van der Waals surface area contributed by atoms with Crippen molar-refractivity contribution in [3.05, 3.63) is 68.2 Å². The molecule has 8 heteroatoms. The Balaban J connectivity index is 0.000000178. The molecule has 1 unspecified atom stereocenters. The number of rotatable bonds is 2. The van der Waals surface area contributed by atoms with E-state index in [1.165, 1.54) is 12.1 Å². The van der Waals surface area contributed by atoms with Gasteiger partial charge in [-0.3, -0.25) is 0 Å². The van der Waals surface area contributed by atoms with Gasteiger partial charge in [0.1, 0.15) is 11.3 Å². The van der Waals surface area contributed by atoms with Crippen LogP contribution < -0.4 is 5.73 Å². The number of aliphatic hydroxyl groups is 1. The third kappa shape index (κ3) is 4.86. The second kappa shape index (κ2) is 9.26.